The average molecular weight is 198 g/mol. The topological polar surface area (TPSA) is 87.0 Å². The molecule has 0 saturated heterocycles. The first-order chi connectivity index (χ1) is 6.63. The Hall–Kier alpha value is -1.75. The molecule has 0 bridgehead atoms. The van der Waals surface area contributed by atoms with Gasteiger partial charge in [-0.05, 0) is 18.2 Å². The highest BCUT2D eigenvalue weighted by Gasteiger charge is 2.05. The SMILES string of the molecule is O=C(O)COc1ccc(O)cc1CO. The van der Waals surface area contributed by atoms with Gasteiger partial charge in [0, 0.05) is 5.56 Å². The van der Waals surface area contributed by atoms with E-state index in [9.17, 15) is 4.79 Å². The highest BCUT2D eigenvalue weighted by Crippen LogP contribution is 2.23. The monoisotopic (exact) mass is 198 g/mol. The number of carboxylic acids is 1. The molecule has 0 unspecified atom stereocenters. The molecular weight excluding hydrogens is 188 g/mol. The smallest absolute Gasteiger partial charge is 0.341 e. The zero-order chi connectivity index (χ0) is 10.6. The fourth-order valence-corrected chi connectivity index (χ4v) is 0.970. The second-order valence-corrected chi connectivity index (χ2v) is 2.63. The number of aromatic hydroxyl groups is 1. The number of aliphatic hydroxyl groups excluding tert-OH is 1. The third-order valence-electron chi connectivity index (χ3n) is 1.57. The summed E-state index contributed by atoms with van der Waals surface area (Å²) in [4.78, 5) is 10.2. The predicted molar refractivity (Wildman–Crippen MR) is 47.2 cm³/mol. The van der Waals surface area contributed by atoms with Crippen LogP contribution in [-0.4, -0.2) is 27.9 Å². The lowest BCUT2D eigenvalue weighted by Gasteiger charge is -2.07. The number of benzene rings is 1. The van der Waals surface area contributed by atoms with Crippen LogP contribution in [0.25, 0.3) is 0 Å². The van der Waals surface area contributed by atoms with E-state index in [4.69, 9.17) is 20.1 Å². The van der Waals surface area contributed by atoms with E-state index in [-0.39, 0.29) is 18.1 Å². The number of rotatable bonds is 4. The molecule has 3 N–H and O–H groups in total. The maximum Gasteiger partial charge on any atom is 0.341 e. The van der Waals surface area contributed by atoms with Crippen LogP contribution in [0.4, 0.5) is 0 Å². The fourth-order valence-electron chi connectivity index (χ4n) is 0.970. The lowest BCUT2D eigenvalue weighted by molar-refractivity contribution is -0.139. The van der Waals surface area contributed by atoms with Crippen LogP contribution in [0.1, 0.15) is 5.56 Å². The van der Waals surface area contributed by atoms with Crippen LogP contribution >= 0.6 is 0 Å². The number of carbonyl (C=O) groups is 1. The van der Waals surface area contributed by atoms with Crippen molar-refractivity contribution in [2.24, 2.45) is 0 Å². The fraction of sp³-hybridized carbons (Fsp3) is 0.222. The lowest BCUT2D eigenvalue weighted by atomic mass is 10.2. The Balaban J connectivity index is 2.80. The van der Waals surface area contributed by atoms with Crippen molar-refractivity contribution in [3.8, 4) is 11.5 Å². The molecule has 0 atom stereocenters. The van der Waals surface area contributed by atoms with Crippen LogP contribution < -0.4 is 4.74 Å². The van der Waals surface area contributed by atoms with Crippen LogP contribution in [0.2, 0.25) is 0 Å². The maximum absolute atomic E-state index is 10.2. The summed E-state index contributed by atoms with van der Waals surface area (Å²) in [5.74, 6) is -0.841. The van der Waals surface area contributed by atoms with Crippen LogP contribution in [0.5, 0.6) is 11.5 Å². The first-order valence-corrected chi connectivity index (χ1v) is 3.91. The molecule has 0 aliphatic rings. The minimum atomic E-state index is -1.10. The quantitative estimate of drug-likeness (QED) is 0.649. The van der Waals surface area contributed by atoms with Gasteiger partial charge < -0.3 is 20.1 Å². The van der Waals surface area contributed by atoms with Crippen LogP contribution in [-0.2, 0) is 11.4 Å². The Bertz CT molecular complexity index is 334. The number of phenolic OH excluding ortho intramolecular Hbond substituents is 1. The maximum atomic E-state index is 10.2. The van der Waals surface area contributed by atoms with Gasteiger partial charge in [-0.15, -0.1) is 0 Å². The summed E-state index contributed by atoms with van der Waals surface area (Å²) in [6.45, 7) is -0.791. The first kappa shape index (κ1) is 10.3. The average Bonchev–Trinajstić information content (AvgIpc) is 2.15. The van der Waals surface area contributed by atoms with Gasteiger partial charge in [0.2, 0.25) is 0 Å². The number of hydrogen-bond acceptors (Lipinski definition) is 4. The van der Waals surface area contributed by atoms with Gasteiger partial charge in [0.1, 0.15) is 11.5 Å². The van der Waals surface area contributed by atoms with E-state index in [0.717, 1.165) is 0 Å². The van der Waals surface area contributed by atoms with Crippen molar-refractivity contribution < 1.29 is 24.9 Å². The molecule has 0 saturated carbocycles. The zero-order valence-electron chi connectivity index (χ0n) is 7.30. The van der Waals surface area contributed by atoms with Gasteiger partial charge in [-0.3, -0.25) is 0 Å². The predicted octanol–water partition coefficient (Wildman–Crippen LogP) is 0.348. The minimum absolute atomic E-state index is 0.00303. The number of hydrogen-bond donors (Lipinski definition) is 3. The number of ether oxygens (including phenoxy) is 1. The number of aliphatic hydroxyl groups is 1. The lowest BCUT2D eigenvalue weighted by Crippen LogP contribution is -2.10. The van der Waals surface area contributed by atoms with Gasteiger partial charge in [-0.2, -0.15) is 0 Å². The van der Waals surface area contributed by atoms with E-state index in [1.54, 1.807) is 0 Å². The molecule has 0 heterocycles. The Kier molecular flexibility index (Phi) is 3.30. The van der Waals surface area contributed by atoms with E-state index < -0.39 is 12.6 Å². The van der Waals surface area contributed by atoms with E-state index in [1.807, 2.05) is 0 Å². The number of carboxylic acid groups (broad SMARTS) is 1. The molecule has 5 heteroatoms. The Labute approximate surface area is 80.2 Å². The molecule has 1 aromatic rings. The van der Waals surface area contributed by atoms with Crippen molar-refractivity contribution >= 4 is 5.97 Å². The Morgan fingerprint density at radius 1 is 1.43 bits per heavy atom. The highest BCUT2D eigenvalue weighted by molar-refractivity contribution is 5.68. The summed E-state index contributed by atoms with van der Waals surface area (Å²) in [6.07, 6.45) is 0. The molecule has 0 fully saturated rings. The Morgan fingerprint density at radius 3 is 2.71 bits per heavy atom. The van der Waals surface area contributed by atoms with Crippen molar-refractivity contribution in [2.45, 2.75) is 6.61 Å². The molecule has 0 radical (unpaired) electrons. The Morgan fingerprint density at radius 2 is 2.14 bits per heavy atom. The van der Waals surface area contributed by atoms with Crippen molar-refractivity contribution in [3.63, 3.8) is 0 Å². The molecule has 0 amide bonds. The number of aliphatic carboxylic acids is 1. The molecule has 0 aliphatic carbocycles. The summed E-state index contributed by atoms with van der Waals surface area (Å²) >= 11 is 0. The summed E-state index contributed by atoms with van der Waals surface area (Å²) in [7, 11) is 0. The van der Waals surface area contributed by atoms with Gasteiger partial charge in [0.25, 0.3) is 0 Å². The molecule has 14 heavy (non-hydrogen) atoms. The first-order valence-electron chi connectivity index (χ1n) is 3.91. The van der Waals surface area contributed by atoms with Crippen molar-refractivity contribution in [3.05, 3.63) is 23.8 Å². The van der Waals surface area contributed by atoms with E-state index in [2.05, 4.69) is 0 Å². The molecular formula is C9H10O5. The van der Waals surface area contributed by atoms with Crippen LogP contribution in [0.15, 0.2) is 18.2 Å². The van der Waals surface area contributed by atoms with Crippen molar-refractivity contribution in [2.75, 3.05) is 6.61 Å². The molecule has 5 nitrogen and oxygen atoms in total. The number of phenols is 1. The minimum Gasteiger partial charge on any atom is -0.508 e. The third kappa shape index (κ3) is 2.63. The second-order valence-electron chi connectivity index (χ2n) is 2.63. The molecule has 0 aliphatic heterocycles. The molecule has 1 rings (SSSR count). The van der Waals surface area contributed by atoms with Gasteiger partial charge in [0.15, 0.2) is 6.61 Å². The van der Waals surface area contributed by atoms with Gasteiger partial charge >= 0.3 is 5.97 Å². The highest BCUT2D eigenvalue weighted by atomic mass is 16.5. The normalized spacial score (nSPS) is 9.79. The largest absolute Gasteiger partial charge is 0.508 e. The van der Waals surface area contributed by atoms with Crippen molar-refractivity contribution in [1.29, 1.82) is 0 Å². The molecule has 0 spiro atoms. The molecule has 0 aromatic heterocycles. The zero-order valence-corrected chi connectivity index (χ0v) is 7.30. The van der Waals surface area contributed by atoms with E-state index in [1.165, 1.54) is 18.2 Å². The molecule has 76 valence electrons. The van der Waals surface area contributed by atoms with Crippen molar-refractivity contribution in [1.82, 2.24) is 0 Å². The van der Waals surface area contributed by atoms with Crippen LogP contribution in [0, 0.1) is 0 Å². The summed E-state index contributed by atoms with van der Waals surface area (Å²) in [5.41, 5.74) is 0.353. The second kappa shape index (κ2) is 4.48. The molecule has 1 aromatic carbocycles. The summed E-state index contributed by atoms with van der Waals surface area (Å²) in [5, 5.41) is 26.3. The third-order valence-corrected chi connectivity index (χ3v) is 1.57. The summed E-state index contributed by atoms with van der Waals surface area (Å²) < 4.78 is 4.87. The van der Waals surface area contributed by atoms with Crippen LogP contribution in [0.3, 0.4) is 0 Å². The van der Waals surface area contributed by atoms with Gasteiger partial charge in [-0.25, -0.2) is 4.79 Å². The van der Waals surface area contributed by atoms with E-state index >= 15 is 0 Å². The van der Waals surface area contributed by atoms with Gasteiger partial charge in [0.05, 0.1) is 6.61 Å². The van der Waals surface area contributed by atoms with E-state index in [0.29, 0.717) is 5.56 Å². The van der Waals surface area contributed by atoms with Gasteiger partial charge in [-0.1, -0.05) is 0 Å². The standard InChI is InChI=1S/C9H10O5/c10-4-6-3-7(11)1-2-8(6)14-5-9(12)13/h1-3,10-11H,4-5H2,(H,12,13). The summed E-state index contributed by atoms with van der Waals surface area (Å²) in [6, 6.07) is 4.08.